The zero-order valence-corrected chi connectivity index (χ0v) is 9.40. The van der Waals surface area contributed by atoms with Crippen molar-refractivity contribution in [2.24, 2.45) is 0 Å². The Kier molecular flexibility index (Phi) is 3.02. The molecule has 2 rings (SSSR count). The van der Waals surface area contributed by atoms with Crippen LogP contribution in [0.3, 0.4) is 0 Å². The van der Waals surface area contributed by atoms with Crippen LogP contribution in [0.25, 0.3) is 11.1 Å². The third-order valence-corrected chi connectivity index (χ3v) is 2.53. The van der Waals surface area contributed by atoms with Gasteiger partial charge in [-0.15, -0.1) is 0 Å². The topological polar surface area (TPSA) is 40.9 Å². The number of hydrogen-bond donors (Lipinski definition) is 0. The molecule has 0 aliphatic heterocycles. The molecule has 0 aromatic heterocycles. The summed E-state index contributed by atoms with van der Waals surface area (Å²) in [6, 6.07) is 17.7. The fourth-order valence-electron chi connectivity index (χ4n) is 1.58. The first-order valence-corrected chi connectivity index (χ1v) is 5.24. The molecule has 0 N–H and O–H groups in total. The summed E-state index contributed by atoms with van der Waals surface area (Å²) in [5.74, 6) is 0.0360. The maximum Gasteiger partial charge on any atom is 0.159 e. The van der Waals surface area contributed by atoms with Crippen molar-refractivity contribution in [3.05, 3.63) is 59.7 Å². The molecule has 0 aliphatic carbocycles. The summed E-state index contributed by atoms with van der Waals surface area (Å²) in [6.07, 6.45) is 0. The zero-order chi connectivity index (χ0) is 12.3. The van der Waals surface area contributed by atoms with Crippen molar-refractivity contribution in [2.45, 2.75) is 6.92 Å². The molecular formula is C15H10NO. The molecule has 0 saturated heterocycles. The molecule has 0 aliphatic rings. The molecule has 0 amide bonds. The lowest BCUT2D eigenvalue weighted by molar-refractivity contribution is 0.101. The van der Waals surface area contributed by atoms with E-state index in [0.717, 1.165) is 11.1 Å². The summed E-state index contributed by atoms with van der Waals surface area (Å²) in [5.41, 5.74) is 3.11. The van der Waals surface area contributed by atoms with Crippen LogP contribution in [-0.4, -0.2) is 5.78 Å². The zero-order valence-electron chi connectivity index (χ0n) is 9.40. The van der Waals surface area contributed by atoms with Crippen molar-refractivity contribution in [1.82, 2.24) is 0 Å². The second-order valence-corrected chi connectivity index (χ2v) is 3.74. The molecule has 2 nitrogen and oxygen atoms in total. The minimum absolute atomic E-state index is 0.0360. The molecule has 0 spiro atoms. The molecule has 0 fully saturated rings. The predicted octanol–water partition coefficient (Wildman–Crippen LogP) is 3.23. The van der Waals surface area contributed by atoms with Gasteiger partial charge >= 0.3 is 0 Å². The van der Waals surface area contributed by atoms with Crippen LogP contribution in [0.2, 0.25) is 0 Å². The van der Waals surface area contributed by atoms with Gasteiger partial charge in [-0.05, 0) is 42.3 Å². The lowest BCUT2D eigenvalue weighted by Crippen LogP contribution is -1.91. The third kappa shape index (κ3) is 2.40. The van der Waals surface area contributed by atoms with Crippen molar-refractivity contribution in [1.29, 1.82) is 5.26 Å². The molecule has 2 aromatic carbocycles. The maximum atomic E-state index is 11.3. The Morgan fingerprint density at radius 1 is 1.24 bits per heavy atom. The molecular weight excluding hydrogens is 210 g/mol. The number of hydrogen-bond acceptors (Lipinski definition) is 2. The van der Waals surface area contributed by atoms with E-state index in [1.165, 1.54) is 6.92 Å². The minimum atomic E-state index is 0.0360. The summed E-state index contributed by atoms with van der Waals surface area (Å²) in [6.45, 7) is 1.54. The number of rotatable bonds is 2. The fraction of sp³-hybridized carbons (Fsp3) is 0.0667. The van der Waals surface area contributed by atoms with Crippen LogP contribution >= 0.6 is 0 Å². The Labute approximate surface area is 100 Å². The monoisotopic (exact) mass is 220 g/mol. The maximum absolute atomic E-state index is 11.3. The molecule has 17 heavy (non-hydrogen) atoms. The van der Waals surface area contributed by atoms with E-state index in [-0.39, 0.29) is 5.78 Å². The van der Waals surface area contributed by atoms with Crippen LogP contribution in [-0.2, 0) is 0 Å². The van der Waals surface area contributed by atoms with Gasteiger partial charge in [0.1, 0.15) is 0 Å². The molecule has 0 unspecified atom stereocenters. The van der Waals surface area contributed by atoms with Gasteiger partial charge in [-0.2, -0.15) is 5.26 Å². The summed E-state index contributed by atoms with van der Waals surface area (Å²) in [5, 5.41) is 8.71. The van der Waals surface area contributed by atoms with Crippen molar-refractivity contribution < 1.29 is 4.79 Å². The highest BCUT2D eigenvalue weighted by molar-refractivity contribution is 5.95. The number of carbonyl (C=O) groups excluding carboxylic acids is 1. The first-order chi connectivity index (χ1) is 8.20. The number of nitriles is 1. The second kappa shape index (κ2) is 4.63. The highest BCUT2D eigenvalue weighted by atomic mass is 16.1. The second-order valence-electron chi connectivity index (χ2n) is 3.74. The number of ketones is 1. The Morgan fingerprint density at radius 3 is 2.53 bits per heavy atom. The van der Waals surface area contributed by atoms with Gasteiger partial charge in [-0.3, -0.25) is 4.79 Å². The average molecular weight is 220 g/mol. The van der Waals surface area contributed by atoms with Gasteiger partial charge < -0.3 is 0 Å². The molecule has 0 heterocycles. The van der Waals surface area contributed by atoms with Gasteiger partial charge in [0.05, 0.1) is 11.6 Å². The van der Waals surface area contributed by atoms with Crippen LogP contribution < -0.4 is 0 Å². The van der Waals surface area contributed by atoms with Gasteiger partial charge in [-0.1, -0.05) is 24.3 Å². The Hall–Kier alpha value is -2.40. The summed E-state index contributed by atoms with van der Waals surface area (Å²) < 4.78 is 0. The normalized spacial score (nSPS) is 9.65. The standard InChI is InChI=1S/C15H10NO/c1-11(17)14-3-2-4-15(9-14)13-7-5-12(10-16)6-8-13/h2-3,5-9H,1H3. The smallest absolute Gasteiger partial charge is 0.159 e. The van der Waals surface area contributed by atoms with Crippen molar-refractivity contribution >= 4 is 5.78 Å². The predicted molar refractivity (Wildman–Crippen MR) is 65.4 cm³/mol. The molecule has 2 heteroatoms. The van der Waals surface area contributed by atoms with E-state index in [1.807, 2.05) is 18.2 Å². The van der Waals surface area contributed by atoms with E-state index in [9.17, 15) is 4.79 Å². The summed E-state index contributed by atoms with van der Waals surface area (Å²) in [7, 11) is 0. The van der Waals surface area contributed by atoms with Crippen molar-refractivity contribution in [3.8, 4) is 17.2 Å². The number of Topliss-reactive ketones (excluding diaryl/α,β-unsaturated/α-hetero) is 1. The molecule has 2 aromatic rings. The highest BCUT2D eigenvalue weighted by Crippen LogP contribution is 2.20. The number of carbonyl (C=O) groups is 1. The number of nitrogens with zero attached hydrogens (tertiary/aromatic N) is 1. The lowest BCUT2D eigenvalue weighted by atomic mass is 10.0. The number of benzene rings is 2. The van der Waals surface area contributed by atoms with Gasteiger partial charge in [0.2, 0.25) is 0 Å². The van der Waals surface area contributed by atoms with Crippen LogP contribution in [0.1, 0.15) is 22.8 Å². The van der Waals surface area contributed by atoms with E-state index >= 15 is 0 Å². The SMILES string of the molecule is CC(=O)c1cc[c]c(-c2ccc(C#N)cc2)c1. The van der Waals surface area contributed by atoms with E-state index in [4.69, 9.17) is 5.26 Å². The van der Waals surface area contributed by atoms with Crippen LogP contribution in [0, 0.1) is 17.4 Å². The fourth-order valence-corrected chi connectivity index (χ4v) is 1.58. The largest absolute Gasteiger partial charge is 0.295 e. The lowest BCUT2D eigenvalue weighted by Gasteiger charge is -2.03. The van der Waals surface area contributed by atoms with Gasteiger partial charge in [0, 0.05) is 5.56 Å². The van der Waals surface area contributed by atoms with Gasteiger partial charge in [0.15, 0.2) is 5.78 Å². The molecule has 0 bridgehead atoms. The Balaban J connectivity index is 2.42. The molecule has 81 valence electrons. The van der Waals surface area contributed by atoms with Crippen molar-refractivity contribution in [2.75, 3.05) is 0 Å². The molecule has 0 saturated carbocycles. The quantitative estimate of drug-likeness (QED) is 0.729. The van der Waals surface area contributed by atoms with Crippen LogP contribution in [0.15, 0.2) is 42.5 Å². The van der Waals surface area contributed by atoms with Gasteiger partial charge in [0.25, 0.3) is 0 Å². The first kappa shape index (κ1) is 11.1. The van der Waals surface area contributed by atoms with Crippen molar-refractivity contribution in [3.63, 3.8) is 0 Å². The Morgan fingerprint density at radius 2 is 1.94 bits per heavy atom. The highest BCUT2D eigenvalue weighted by Gasteiger charge is 2.02. The summed E-state index contributed by atoms with van der Waals surface area (Å²) in [4.78, 5) is 11.3. The molecule has 0 atom stereocenters. The van der Waals surface area contributed by atoms with E-state index < -0.39 is 0 Å². The van der Waals surface area contributed by atoms with E-state index in [2.05, 4.69) is 12.1 Å². The Bertz CT molecular complexity index is 591. The van der Waals surface area contributed by atoms with E-state index in [1.54, 1.807) is 24.3 Å². The third-order valence-electron chi connectivity index (χ3n) is 2.53. The van der Waals surface area contributed by atoms with Crippen LogP contribution in [0.4, 0.5) is 0 Å². The van der Waals surface area contributed by atoms with Gasteiger partial charge in [-0.25, -0.2) is 0 Å². The van der Waals surface area contributed by atoms with E-state index in [0.29, 0.717) is 11.1 Å². The summed E-state index contributed by atoms with van der Waals surface area (Å²) >= 11 is 0. The molecule has 1 radical (unpaired) electrons. The average Bonchev–Trinajstić information content (AvgIpc) is 2.39. The first-order valence-electron chi connectivity index (χ1n) is 5.24. The minimum Gasteiger partial charge on any atom is -0.295 e. The van der Waals surface area contributed by atoms with Crippen LogP contribution in [0.5, 0.6) is 0 Å².